The van der Waals surface area contributed by atoms with Gasteiger partial charge >= 0.3 is 12.2 Å². The zero-order chi connectivity index (χ0) is 23.5. The smallest absolute Gasteiger partial charge is 0.374 e. The van der Waals surface area contributed by atoms with E-state index in [1.54, 1.807) is 0 Å². The summed E-state index contributed by atoms with van der Waals surface area (Å²) in [4.78, 5) is 17.2. The molecule has 0 bridgehead atoms. The van der Waals surface area contributed by atoms with Crippen LogP contribution in [0.25, 0.3) is 0 Å². The molecular weight excluding hydrogens is 497 g/mol. The maximum absolute atomic E-state index is 14.9. The number of benzene rings is 2. The molecule has 0 aromatic heterocycles. The first-order chi connectivity index (χ1) is 14.9. The second-order valence-electron chi connectivity index (χ2n) is 7.62. The summed E-state index contributed by atoms with van der Waals surface area (Å²) in [5.41, 5.74) is 0.796. The molecule has 0 saturated carbocycles. The van der Waals surface area contributed by atoms with Crippen LogP contribution < -0.4 is 5.73 Å². The molecule has 1 fully saturated rings. The van der Waals surface area contributed by atoms with Crippen molar-refractivity contribution in [2.24, 2.45) is 10.9 Å². The monoisotopic (exact) mass is 509 g/mol. The van der Waals surface area contributed by atoms with E-state index in [1.165, 1.54) is 24.3 Å². The Bertz CT molecular complexity index is 1100. The molecule has 170 valence electrons. The van der Waals surface area contributed by atoms with Crippen LogP contribution in [0.2, 0.25) is 15.1 Å². The van der Waals surface area contributed by atoms with E-state index >= 15 is 0 Å². The van der Waals surface area contributed by atoms with Crippen molar-refractivity contribution in [3.8, 4) is 0 Å². The molecule has 2 aromatic carbocycles. The molecule has 4 rings (SSSR count). The number of alkyl halides is 4. The lowest BCUT2D eigenvalue weighted by Gasteiger charge is -2.43. The van der Waals surface area contributed by atoms with Gasteiger partial charge in [0, 0.05) is 12.0 Å². The van der Waals surface area contributed by atoms with Crippen LogP contribution in [0.5, 0.6) is 0 Å². The molecule has 0 spiro atoms. The Labute approximate surface area is 194 Å². The van der Waals surface area contributed by atoms with Crippen LogP contribution in [0.15, 0.2) is 41.6 Å². The quantitative estimate of drug-likeness (QED) is 0.420. The fourth-order valence-corrected chi connectivity index (χ4v) is 4.30. The first-order valence-corrected chi connectivity index (χ1v) is 10.3. The number of halogens is 7. The van der Waals surface area contributed by atoms with Crippen molar-refractivity contribution in [3.05, 3.63) is 68.2 Å². The Kier molecular flexibility index (Phi) is 5.50. The number of carbonyl (C=O) groups excluding carboxylic acids is 1. The molecule has 5 nitrogen and oxygen atoms in total. The molecule has 1 unspecified atom stereocenters. The minimum atomic E-state index is -4.86. The highest BCUT2D eigenvalue weighted by Crippen LogP contribution is 2.50. The summed E-state index contributed by atoms with van der Waals surface area (Å²) >= 11 is 17.7. The summed E-state index contributed by atoms with van der Waals surface area (Å²) in [6.07, 6.45) is -5.51. The van der Waals surface area contributed by atoms with Crippen molar-refractivity contribution in [2.75, 3.05) is 13.1 Å². The average Bonchev–Trinajstić information content (AvgIpc) is 3.16. The normalized spacial score (nSPS) is 22.2. The number of carbonyl (C=O) groups is 1. The van der Waals surface area contributed by atoms with Crippen LogP contribution in [0.1, 0.15) is 23.1 Å². The van der Waals surface area contributed by atoms with Gasteiger partial charge in [0.2, 0.25) is 0 Å². The van der Waals surface area contributed by atoms with Gasteiger partial charge in [-0.05, 0) is 23.3 Å². The molecule has 0 aliphatic carbocycles. The zero-order valence-electron chi connectivity index (χ0n) is 16.0. The van der Waals surface area contributed by atoms with Crippen LogP contribution in [0.3, 0.4) is 0 Å². The van der Waals surface area contributed by atoms with Crippen LogP contribution in [0.4, 0.5) is 22.4 Å². The summed E-state index contributed by atoms with van der Waals surface area (Å²) in [5, 5.41) is 3.28. The van der Waals surface area contributed by atoms with Crippen molar-refractivity contribution in [1.82, 2.24) is 4.90 Å². The van der Waals surface area contributed by atoms with Crippen LogP contribution >= 0.6 is 34.8 Å². The predicted octanol–water partition coefficient (Wildman–Crippen LogP) is 5.79. The van der Waals surface area contributed by atoms with Crippen LogP contribution in [0, 0.1) is 0 Å². The highest BCUT2D eigenvalue weighted by molar-refractivity contribution is 6.48. The number of likely N-dealkylation sites (tertiary alicyclic amines) is 1. The minimum Gasteiger partial charge on any atom is -0.374 e. The molecule has 2 aromatic rings. The van der Waals surface area contributed by atoms with E-state index in [9.17, 15) is 22.4 Å². The highest BCUT2D eigenvalue weighted by atomic mass is 35.5. The van der Waals surface area contributed by atoms with E-state index in [4.69, 9.17) is 45.4 Å². The zero-order valence-corrected chi connectivity index (χ0v) is 18.3. The second kappa shape index (κ2) is 7.67. The fraction of sp³-hybridized carbons (Fsp3) is 0.300. The number of rotatable bonds is 3. The third-order valence-electron chi connectivity index (χ3n) is 5.57. The third kappa shape index (κ3) is 3.66. The van der Waals surface area contributed by atoms with Gasteiger partial charge in [0.25, 0.3) is 5.60 Å². The molecule has 12 heteroatoms. The molecule has 32 heavy (non-hydrogen) atoms. The molecule has 0 radical (unpaired) electrons. The average molecular weight is 511 g/mol. The predicted molar refractivity (Wildman–Crippen MR) is 112 cm³/mol. The van der Waals surface area contributed by atoms with Gasteiger partial charge in [0.15, 0.2) is 5.67 Å². The number of oxime groups is 1. The van der Waals surface area contributed by atoms with Crippen molar-refractivity contribution in [2.45, 2.75) is 23.9 Å². The SMILES string of the molecule is NC(=O)N1CC(F)(c2ccc(C3=NOC(c4cc(Cl)c(Cl)c(Cl)c4)(C(F)(F)F)C3)cc2)C1. The van der Waals surface area contributed by atoms with Crippen molar-refractivity contribution in [1.29, 1.82) is 0 Å². The van der Waals surface area contributed by atoms with E-state index in [-0.39, 0.29) is 45.0 Å². The van der Waals surface area contributed by atoms with E-state index in [0.29, 0.717) is 5.56 Å². The summed E-state index contributed by atoms with van der Waals surface area (Å²) in [6.45, 7) is -0.387. The van der Waals surface area contributed by atoms with E-state index in [0.717, 1.165) is 17.0 Å². The Hall–Kier alpha value is -2.23. The molecule has 1 atom stereocenters. The Morgan fingerprint density at radius 2 is 1.62 bits per heavy atom. The van der Waals surface area contributed by atoms with Crippen LogP contribution in [-0.4, -0.2) is 35.9 Å². The molecule has 2 aliphatic heterocycles. The largest absolute Gasteiger partial charge is 0.435 e. The van der Waals surface area contributed by atoms with E-state index < -0.39 is 29.9 Å². The highest BCUT2D eigenvalue weighted by Gasteiger charge is 2.62. The Balaban J connectivity index is 1.60. The van der Waals surface area contributed by atoms with E-state index in [1.807, 2.05) is 0 Å². The number of hydrogen-bond acceptors (Lipinski definition) is 3. The van der Waals surface area contributed by atoms with Gasteiger partial charge in [-0.15, -0.1) is 0 Å². The summed E-state index contributed by atoms with van der Waals surface area (Å²) in [7, 11) is 0. The minimum absolute atomic E-state index is 0.0105. The number of nitrogens with zero attached hydrogens (tertiary/aromatic N) is 2. The number of nitrogens with two attached hydrogens (primary N) is 1. The Morgan fingerprint density at radius 1 is 1.06 bits per heavy atom. The lowest BCUT2D eigenvalue weighted by Crippen LogP contribution is -2.60. The van der Waals surface area contributed by atoms with Crippen molar-refractivity contribution < 1.29 is 27.2 Å². The lowest BCUT2D eigenvalue weighted by molar-refractivity contribution is -0.275. The first kappa shape index (κ1) is 22.9. The van der Waals surface area contributed by atoms with Crippen molar-refractivity contribution >= 4 is 46.5 Å². The summed E-state index contributed by atoms with van der Waals surface area (Å²) < 4.78 is 57.2. The maximum Gasteiger partial charge on any atom is 0.435 e. The van der Waals surface area contributed by atoms with Gasteiger partial charge in [-0.2, -0.15) is 13.2 Å². The molecule has 2 aliphatic rings. The number of hydrogen-bond donors (Lipinski definition) is 1. The van der Waals surface area contributed by atoms with Gasteiger partial charge in [0.05, 0.1) is 33.9 Å². The maximum atomic E-state index is 14.9. The van der Waals surface area contributed by atoms with Gasteiger partial charge in [-0.3, -0.25) is 0 Å². The number of primary amides is 1. The van der Waals surface area contributed by atoms with Gasteiger partial charge in [-0.25, -0.2) is 9.18 Å². The molecular formula is C20H14Cl3F4N3O2. The molecule has 1 saturated heterocycles. The molecule has 2 N–H and O–H groups in total. The molecule has 2 heterocycles. The number of amides is 2. The second-order valence-corrected chi connectivity index (χ2v) is 8.81. The third-order valence-corrected chi connectivity index (χ3v) is 6.76. The fourth-order valence-electron chi connectivity index (χ4n) is 3.71. The number of urea groups is 1. The summed E-state index contributed by atoms with van der Waals surface area (Å²) in [5.74, 6) is 0. The van der Waals surface area contributed by atoms with E-state index in [2.05, 4.69) is 5.16 Å². The Morgan fingerprint density at radius 3 is 2.12 bits per heavy atom. The summed E-state index contributed by atoms with van der Waals surface area (Å²) in [6, 6.07) is 7.11. The van der Waals surface area contributed by atoms with Crippen LogP contribution in [-0.2, 0) is 16.1 Å². The van der Waals surface area contributed by atoms with Crippen molar-refractivity contribution in [3.63, 3.8) is 0 Å². The van der Waals surface area contributed by atoms with Gasteiger partial charge in [0.1, 0.15) is 0 Å². The first-order valence-electron chi connectivity index (χ1n) is 9.17. The van der Waals surface area contributed by atoms with Gasteiger partial charge in [-0.1, -0.05) is 64.2 Å². The van der Waals surface area contributed by atoms with Gasteiger partial charge < -0.3 is 15.5 Å². The molecule has 2 amide bonds. The standard InChI is InChI=1S/C20H14Cl3F4N3O2/c21-13-5-12(6-14(22)16(13)23)19(20(25,26)27)7-15(29-32-19)10-1-3-11(4-2-10)18(24)8-30(9-18)17(28)31/h1-6H,7-9H2,(H2,28,31). The topological polar surface area (TPSA) is 67.9 Å². The lowest BCUT2D eigenvalue weighted by atomic mass is 9.85.